The number of piperidine rings is 1. The van der Waals surface area contributed by atoms with Crippen LogP contribution in [0.2, 0.25) is 10.0 Å². The van der Waals surface area contributed by atoms with E-state index in [4.69, 9.17) is 37.4 Å². The molecule has 4 aliphatic rings. The average Bonchev–Trinajstić information content (AvgIpc) is 3.49. The fraction of sp³-hybridized carbons (Fsp3) is 0.469. The largest absolute Gasteiger partial charge is 0.478 e. The van der Waals surface area contributed by atoms with Crippen molar-refractivity contribution < 1.29 is 19.2 Å². The highest BCUT2D eigenvalue weighted by Crippen LogP contribution is 2.49. The lowest BCUT2D eigenvalue weighted by Crippen LogP contribution is -2.38. The van der Waals surface area contributed by atoms with Gasteiger partial charge in [-0.15, -0.1) is 0 Å². The SMILES string of the molecule is O=C(O)c1cc(C2CCCC2)c2nc(N3C[C@H]4C[C@@H]3C[C@@H]4OCc3c(-c4c(Cl)cccc4Cl)noc3C3CC3)sc2c1. The lowest BCUT2D eigenvalue weighted by molar-refractivity contribution is 0.0122. The smallest absolute Gasteiger partial charge is 0.335 e. The van der Waals surface area contributed by atoms with Crippen LogP contribution in [0.5, 0.6) is 0 Å². The Kier molecular flexibility index (Phi) is 6.74. The predicted molar refractivity (Wildman–Crippen MR) is 164 cm³/mol. The van der Waals surface area contributed by atoms with Crippen LogP contribution < -0.4 is 4.90 Å². The molecule has 3 atom stereocenters. The molecule has 3 heterocycles. The zero-order valence-corrected chi connectivity index (χ0v) is 25.4. The molecule has 218 valence electrons. The van der Waals surface area contributed by atoms with E-state index < -0.39 is 5.97 Å². The summed E-state index contributed by atoms with van der Waals surface area (Å²) in [5.74, 6) is 1.22. The van der Waals surface area contributed by atoms with Gasteiger partial charge in [-0.25, -0.2) is 9.78 Å². The van der Waals surface area contributed by atoms with Crippen molar-refractivity contribution in [3.05, 3.63) is 62.8 Å². The minimum atomic E-state index is -0.871. The van der Waals surface area contributed by atoms with Crippen LogP contribution in [-0.4, -0.2) is 39.9 Å². The number of aromatic carboxylic acids is 1. The summed E-state index contributed by atoms with van der Waals surface area (Å²) >= 11 is 14.7. The van der Waals surface area contributed by atoms with Crippen molar-refractivity contribution in [1.82, 2.24) is 10.1 Å². The summed E-state index contributed by atoms with van der Waals surface area (Å²) in [5.41, 5.74) is 4.83. The van der Waals surface area contributed by atoms with E-state index >= 15 is 0 Å². The van der Waals surface area contributed by atoms with Crippen molar-refractivity contribution in [2.24, 2.45) is 5.92 Å². The van der Waals surface area contributed by atoms with Crippen LogP contribution in [0.25, 0.3) is 21.5 Å². The number of carbonyl (C=O) groups is 1. The third-order valence-electron chi connectivity index (χ3n) is 9.69. The van der Waals surface area contributed by atoms with E-state index in [2.05, 4.69) is 10.1 Å². The van der Waals surface area contributed by atoms with Gasteiger partial charge in [-0.1, -0.05) is 58.6 Å². The molecule has 3 saturated carbocycles. The molecule has 1 aliphatic heterocycles. The van der Waals surface area contributed by atoms with Crippen LogP contribution in [0, 0.1) is 5.92 Å². The summed E-state index contributed by atoms with van der Waals surface area (Å²) < 4.78 is 13.4. The molecule has 10 heteroatoms. The molecular formula is C32H31Cl2N3O4S. The molecule has 1 N–H and O–H groups in total. The second-order valence-electron chi connectivity index (χ2n) is 12.3. The molecular weight excluding hydrogens is 593 g/mol. The number of fused-ring (bicyclic) bond motifs is 3. The van der Waals surface area contributed by atoms with Crippen LogP contribution in [0.4, 0.5) is 5.13 Å². The van der Waals surface area contributed by atoms with Crippen LogP contribution in [0.15, 0.2) is 34.9 Å². The molecule has 4 fully saturated rings. The minimum Gasteiger partial charge on any atom is -0.478 e. The van der Waals surface area contributed by atoms with Crippen LogP contribution in [0.3, 0.4) is 0 Å². The minimum absolute atomic E-state index is 0.143. The molecule has 0 amide bonds. The van der Waals surface area contributed by atoms with Crippen molar-refractivity contribution in [1.29, 1.82) is 0 Å². The highest BCUT2D eigenvalue weighted by molar-refractivity contribution is 7.22. The number of aromatic nitrogens is 2. The maximum atomic E-state index is 11.9. The van der Waals surface area contributed by atoms with Gasteiger partial charge in [0.25, 0.3) is 0 Å². The molecule has 7 nitrogen and oxygen atoms in total. The van der Waals surface area contributed by atoms with Crippen molar-refractivity contribution in [2.45, 2.75) is 82.0 Å². The molecule has 2 aromatic heterocycles. The van der Waals surface area contributed by atoms with Gasteiger partial charge in [-0.05, 0) is 74.3 Å². The maximum Gasteiger partial charge on any atom is 0.335 e. The molecule has 0 spiro atoms. The number of thiazole rings is 1. The first-order valence-corrected chi connectivity index (χ1v) is 16.5. The predicted octanol–water partition coefficient (Wildman–Crippen LogP) is 8.68. The summed E-state index contributed by atoms with van der Waals surface area (Å²) in [6.45, 7) is 1.31. The Bertz CT molecular complexity index is 1670. The van der Waals surface area contributed by atoms with Gasteiger partial charge in [0.05, 0.1) is 38.5 Å². The normalized spacial score (nSPS) is 24.0. The maximum absolute atomic E-state index is 11.9. The lowest BCUT2D eigenvalue weighted by Gasteiger charge is -2.31. The summed E-state index contributed by atoms with van der Waals surface area (Å²) in [6.07, 6.45) is 8.95. The van der Waals surface area contributed by atoms with Gasteiger partial charge in [-0.3, -0.25) is 0 Å². The third-order valence-corrected chi connectivity index (χ3v) is 11.4. The molecule has 3 aliphatic carbocycles. The molecule has 42 heavy (non-hydrogen) atoms. The Hall–Kier alpha value is -2.65. The van der Waals surface area contributed by atoms with Crippen LogP contribution in [0.1, 0.15) is 90.4 Å². The number of anilines is 1. The summed E-state index contributed by atoms with van der Waals surface area (Å²) in [7, 11) is 0. The van der Waals surface area contributed by atoms with Gasteiger partial charge >= 0.3 is 5.97 Å². The van der Waals surface area contributed by atoms with Crippen LogP contribution >= 0.6 is 34.5 Å². The molecule has 1 saturated heterocycles. The first-order valence-electron chi connectivity index (χ1n) is 14.9. The quantitative estimate of drug-likeness (QED) is 0.210. The molecule has 8 rings (SSSR count). The van der Waals surface area contributed by atoms with Gasteiger partial charge in [0.2, 0.25) is 0 Å². The van der Waals surface area contributed by atoms with Crippen molar-refractivity contribution in [3.8, 4) is 11.3 Å². The Morgan fingerprint density at radius 2 is 1.88 bits per heavy atom. The third kappa shape index (κ3) is 4.62. The topological polar surface area (TPSA) is 88.7 Å². The number of ether oxygens (including phenoxy) is 1. The van der Waals surface area contributed by atoms with E-state index in [1.807, 2.05) is 24.3 Å². The number of carboxylic acids is 1. The van der Waals surface area contributed by atoms with Crippen molar-refractivity contribution in [3.63, 3.8) is 0 Å². The van der Waals surface area contributed by atoms with E-state index in [-0.39, 0.29) is 6.10 Å². The average molecular weight is 625 g/mol. The fourth-order valence-corrected chi connectivity index (χ4v) is 9.12. The number of hydrogen-bond acceptors (Lipinski definition) is 7. The van der Waals surface area contributed by atoms with E-state index in [0.29, 0.717) is 57.3 Å². The Balaban J connectivity index is 1.02. The van der Waals surface area contributed by atoms with Crippen LogP contribution in [-0.2, 0) is 11.3 Å². The zero-order valence-electron chi connectivity index (χ0n) is 23.0. The summed E-state index contributed by atoms with van der Waals surface area (Å²) in [4.78, 5) is 19.5. The van der Waals surface area contributed by atoms with Crippen molar-refractivity contribution in [2.75, 3.05) is 11.4 Å². The summed E-state index contributed by atoms with van der Waals surface area (Å²) in [6, 6.07) is 9.51. The lowest BCUT2D eigenvalue weighted by atomic mass is 9.95. The van der Waals surface area contributed by atoms with E-state index in [9.17, 15) is 9.90 Å². The molecule has 2 aromatic carbocycles. The number of benzene rings is 2. The zero-order chi connectivity index (χ0) is 28.5. The molecule has 2 bridgehead atoms. The number of nitrogens with zero attached hydrogens (tertiary/aromatic N) is 3. The van der Waals surface area contributed by atoms with Gasteiger partial charge in [0.15, 0.2) is 5.13 Å². The molecule has 4 aromatic rings. The first kappa shape index (κ1) is 26.9. The Labute approximate surface area is 257 Å². The summed E-state index contributed by atoms with van der Waals surface area (Å²) in [5, 5.41) is 16.3. The monoisotopic (exact) mass is 623 g/mol. The van der Waals surface area contributed by atoms with E-state index in [1.165, 1.54) is 12.8 Å². The van der Waals surface area contributed by atoms with E-state index in [0.717, 1.165) is 77.3 Å². The number of hydrogen-bond donors (Lipinski definition) is 1. The highest BCUT2D eigenvalue weighted by Gasteiger charge is 2.47. The van der Waals surface area contributed by atoms with Crippen molar-refractivity contribution >= 4 is 55.9 Å². The van der Waals surface area contributed by atoms with Gasteiger partial charge in [0, 0.05) is 35.5 Å². The Morgan fingerprint density at radius 1 is 1.10 bits per heavy atom. The highest BCUT2D eigenvalue weighted by atomic mass is 35.5. The number of halogens is 2. The first-order chi connectivity index (χ1) is 20.4. The van der Waals surface area contributed by atoms with Gasteiger partial charge in [-0.2, -0.15) is 0 Å². The standard InChI is InChI=1S/C32H31Cl2N3O4S/c33-23-6-3-7-24(34)27(23)29-22(30(41-36-29)17-8-9-17)15-40-25-13-20-10-19(25)14-37(20)32-35-28-21(16-4-1-2-5-16)11-18(31(38)39)12-26(28)42-32/h3,6-7,11-12,16-17,19-20,25H,1-2,4-5,8-10,13-15H2,(H,38,39)/t19-,20-,25+/m1/s1. The van der Waals surface area contributed by atoms with E-state index in [1.54, 1.807) is 17.4 Å². The Morgan fingerprint density at radius 3 is 2.57 bits per heavy atom. The molecule has 0 unspecified atom stereocenters. The number of rotatable bonds is 8. The van der Waals surface area contributed by atoms with Gasteiger partial charge in [0.1, 0.15) is 11.5 Å². The fourth-order valence-electron chi connectivity index (χ4n) is 7.42. The molecule has 0 radical (unpaired) electrons. The number of carboxylic acid groups (broad SMARTS) is 1. The second kappa shape index (κ2) is 10.5. The second-order valence-corrected chi connectivity index (χ2v) is 14.2. The van der Waals surface area contributed by atoms with Gasteiger partial charge < -0.3 is 19.3 Å².